The molecule has 0 spiro atoms. The number of imide groups is 1. The maximum atomic E-state index is 13.1. The van der Waals surface area contributed by atoms with Gasteiger partial charge in [-0.05, 0) is 44.0 Å². The zero-order chi connectivity index (χ0) is 21.4. The Kier molecular flexibility index (Phi) is 5.00. The van der Waals surface area contributed by atoms with Gasteiger partial charge in [0, 0.05) is 5.56 Å². The molecule has 0 saturated carbocycles. The third-order valence-corrected chi connectivity index (χ3v) is 5.49. The zero-order valence-corrected chi connectivity index (χ0v) is 16.6. The van der Waals surface area contributed by atoms with Gasteiger partial charge in [-0.1, -0.05) is 42.5 Å². The Bertz CT molecular complexity index is 1000. The number of nitrogens with one attached hydrogen (secondary N) is 1. The van der Waals surface area contributed by atoms with Crippen LogP contribution in [0.4, 0.5) is 4.79 Å². The number of amides is 4. The van der Waals surface area contributed by atoms with Crippen LogP contribution in [0.1, 0.15) is 42.3 Å². The van der Waals surface area contributed by atoms with Crippen molar-refractivity contribution in [1.29, 1.82) is 0 Å². The molecule has 150 valence electrons. The summed E-state index contributed by atoms with van der Waals surface area (Å²) >= 11 is 0. The van der Waals surface area contributed by atoms with E-state index in [1.54, 1.807) is 32.9 Å². The molecule has 2 aromatic carbocycles. The molecule has 3 N–H and O–H groups in total. The predicted molar refractivity (Wildman–Crippen MR) is 107 cm³/mol. The number of carbonyl (C=O) groups is 4. The van der Waals surface area contributed by atoms with E-state index in [4.69, 9.17) is 5.73 Å². The van der Waals surface area contributed by atoms with E-state index >= 15 is 0 Å². The zero-order valence-electron chi connectivity index (χ0n) is 16.6. The van der Waals surface area contributed by atoms with E-state index < -0.39 is 28.8 Å². The molecule has 0 aromatic heterocycles. The molecule has 7 nitrogen and oxygen atoms in total. The number of rotatable bonds is 6. The minimum Gasteiger partial charge on any atom is -0.366 e. The molecule has 29 heavy (non-hydrogen) atoms. The van der Waals surface area contributed by atoms with Crippen molar-refractivity contribution in [2.75, 3.05) is 6.54 Å². The van der Waals surface area contributed by atoms with Gasteiger partial charge >= 0.3 is 6.03 Å². The number of urea groups is 1. The van der Waals surface area contributed by atoms with Crippen molar-refractivity contribution in [3.63, 3.8) is 0 Å². The van der Waals surface area contributed by atoms with E-state index in [2.05, 4.69) is 5.32 Å². The van der Waals surface area contributed by atoms with Crippen molar-refractivity contribution in [1.82, 2.24) is 10.2 Å². The molecule has 1 aliphatic heterocycles. The number of carbonyl (C=O) groups excluding carboxylic acids is 4. The van der Waals surface area contributed by atoms with Gasteiger partial charge in [-0.15, -0.1) is 0 Å². The van der Waals surface area contributed by atoms with Gasteiger partial charge < -0.3 is 11.1 Å². The molecular weight excluding hydrogens is 370 g/mol. The van der Waals surface area contributed by atoms with Crippen LogP contribution in [0.25, 0.3) is 0 Å². The molecule has 1 fully saturated rings. The molecule has 2 aromatic rings. The smallest absolute Gasteiger partial charge is 0.325 e. The Hall–Kier alpha value is -3.48. The molecule has 1 aliphatic rings. The summed E-state index contributed by atoms with van der Waals surface area (Å²) in [4.78, 5) is 51.0. The summed E-state index contributed by atoms with van der Waals surface area (Å²) in [6.07, 6.45) is 0. The van der Waals surface area contributed by atoms with Crippen LogP contribution in [0, 0.1) is 0 Å². The van der Waals surface area contributed by atoms with Crippen LogP contribution in [0.2, 0.25) is 0 Å². The molecule has 1 heterocycles. The van der Waals surface area contributed by atoms with Crippen LogP contribution in [0.15, 0.2) is 54.6 Å². The van der Waals surface area contributed by atoms with Gasteiger partial charge in [0.15, 0.2) is 5.78 Å². The van der Waals surface area contributed by atoms with E-state index in [-0.39, 0.29) is 17.9 Å². The number of benzene rings is 2. The first-order chi connectivity index (χ1) is 13.6. The highest BCUT2D eigenvalue weighted by Gasteiger charge is 2.50. The average molecular weight is 393 g/mol. The third kappa shape index (κ3) is 3.51. The lowest BCUT2D eigenvalue weighted by Gasteiger charge is -2.26. The van der Waals surface area contributed by atoms with E-state index in [1.165, 1.54) is 12.1 Å². The lowest BCUT2D eigenvalue weighted by molar-refractivity contribution is -0.135. The molecule has 0 radical (unpaired) electrons. The summed E-state index contributed by atoms with van der Waals surface area (Å²) in [6, 6.07) is 14.8. The lowest BCUT2D eigenvalue weighted by atomic mass is 9.80. The average Bonchev–Trinajstić information content (AvgIpc) is 2.92. The van der Waals surface area contributed by atoms with Gasteiger partial charge in [-0.2, -0.15) is 0 Å². The Morgan fingerprint density at radius 2 is 1.72 bits per heavy atom. The summed E-state index contributed by atoms with van der Waals surface area (Å²) in [5, 5.41) is 2.64. The van der Waals surface area contributed by atoms with Crippen molar-refractivity contribution in [2.24, 2.45) is 5.73 Å². The normalized spacial score (nSPS) is 19.2. The topological polar surface area (TPSA) is 110 Å². The highest BCUT2D eigenvalue weighted by molar-refractivity contribution is 6.10. The molecule has 4 amide bonds. The molecule has 0 bridgehead atoms. The van der Waals surface area contributed by atoms with Gasteiger partial charge in [0.25, 0.3) is 5.91 Å². The van der Waals surface area contributed by atoms with Crippen LogP contribution in [0.3, 0.4) is 0 Å². The maximum Gasteiger partial charge on any atom is 0.325 e. The first-order valence-corrected chi connectivity index (χ1v) is 9.20. The van der Waals surface area contributed by atoms with Gasteiger partial charge in [0.1, 0.15) is 5.54 Å². The van der Waals surface area contributed by atoms with Gasteiger partial charge in [-0.3, -0.25) is 19.3 Å². The third-order valence-electron chi connectivity index (χ3n) is 5.49. The molecule has 1 atom stereocenters. The van der Waals surface area contributed by atoms with Crippen LogP contribution < -0.4 is 11.1 Å². The molecule has 1 unspecified atom stereocenters. The van der Waals surface area contributed by atoms with Crippen molar-refractivity contribution in [3.05, 3.63) is 71.3 Å². The Labute approximate surface area is 168 Å². The van der Waals surface area contributed by atoms with Crippen molar-refractivity contribution in [2.45, 2.75) is 31.7 Å². The fourth-order valence-corrected chi connectivity index (χ4v) is 3.38. The standard InChI is InChI=1S/C22H23N3O4/c1-21(2,15-9-5-4-6-10-15)17(26)13-25-19(28)22(3,24-20(25)29)16-11-7-8-14(12-16)18(23)27/h4-12H,13H2,1-3H3,(H2,23,27)(H,24,29). The second-order valence-corrected chi connectivity index (χ2v) is 7.81. The van der Waals surface area contributed by atoms with E-state index in [0.717, 1.165) is 10.5 Å². The summed E-state index contributed by atoms with van der Waals surface area (Å²) in [7, 11) is 0. The van der Waals surface area contributed by atoms with E-state index in [9.17, 15) is 19.2 Å². The molecular formula is C22H23N3O4. The minimum atomic E-state index is -1.39. The van der Waals surface area contributed by atoms with Gasteiger partial charge in [-0.25, -0.2) is 4.79 Å². The highest BCUT2D eigenvalue weighted by atomic mass is 16.2. The fourth-order valence-electron chi connectivity index (χ4n) is 3.38. The minimum absolute atomic E-state index is 0.227. The Balaban J connectivity index is 1.86. The summed E-state index contributed by atoms with van der Waals surface area (Å²) in [5.74, 6) is -1.45. The monoisotopic (exact) mass is 393 g/mol. The van der Waals surface area contributed by atoms with Crippen LogP contribution in [-0.2, 0) is 20.5 Å². The number of nitrogens with two attached hydrogens (primary N) is 1. The summed E-state index contributed by atoms with van der Waals surface area (Å²) in [5.41, 5.74) is 4.51. The van der Waals surface area contributed by atoms with Crippen molar-refractivity contribution >= 4 is 23.6 Å². The predicted octanol–water partition coefficient (Wildman–Crippen LogP) is 2.10. The molecule has 3 rings (SSSR count). The summed E-state index contributed by atoms with van der Waals surface area (Å²) in [6.45, 7) is 4.72. The molecule has 1 saturated heterocycles. The van der Waals surface area contributed by atoms with Crippen LogP contribution in [-0.4, -0.2) is 35.1 Å². The summed E-state index contributed by atoms with van der Waals surface area (Å²) < 4.78 is 0. The quantitative estimate of drug-likeness (QED) is 0.732. The van der Waals surface area contributed by atoms with Crippen LogP contribution in [0.5, 0.6) is 0 Å². The number of hydrogen-bond acceptors (Lipinski definition) is 4. The number of ketones is 1. The maximum absolute atomic E-state index is 13.1. The van der Waals surface area contributed by atoms with E-state index in [0.29, 0.717) is 5.56 Å². The highest BCUT2D eigenvalue weighted by Crippen LogP contribution is 2.31. The number of hydrogen-bond donors (Lipinski definition) is 2. The fraction of sp³-hybridized carbons (Fsp3) is 0.273. The number of Topliss-reactive ketones (excluding diaryl/α,β-unsaturated/α-hetero) is 1. The van der Waals surface area contributed by atoms with Gasteiger partial charge in [0.05, 0.1) is 12.0 Å². The van der Waals surface area contributed by atoms with Crippen molar-refractivity contribution in [3.8, 4) is 0 Å². The second kappa shape index (κ2) is 7.16. The second-order valence-electron chi connectivity index (χ2n) is 7.81. The SMILES string of the molecule is CC(C)(C(=O)CN1C(=O)NC(C)(c2cccc(C(N)=O)c2)C1=O)c1ccccc1. The van der Waals surface area contributed by atoms with E-state index in [1.807, 2.05) is 30.3 Å². The van der Waals surface area contributed by atoms with Gasteiger partial charge in [0.2, 0.25) is 5.91 Å². The lowest BCUT2D eigenvalue weighted by Crippen LogP contribution is -2.44. The Morgan fingerprint density at radius 1 is 1.07 bits per heavy atom. The number of primary amides is 1. The first-order valence-electron chi connectivity index (χ1n) is 9.20. The number of nitrogens with zero attached hydrogens (tertiary/aromatic N) is 1. The van der Waals surface area contributed by atoms with Crippen LogP contribution >= 0.6 is 0 Å². The molecule has 7 heteroatoms. The Morgan fingerprint density at radius 3 is 2.34 bits per heavy atom. The molecule has 0 aliphatic carbocycles. The largest absolute Gasteiger partial charge is 0.366 e. The first kappa shape index (κ1) is 20.3. The van der Waals surface area contributed by atoms with Crippen molar-refractivity contribution < 1.29 is 19.2 Å².